The average Bonchev–Trinajstić information content (AvgIpc) is 2.24. The van der Waals surface area contributed by atoms with Crippen molar-refractivity contribution in [3.63, 3.8) is 0 Å². The van der Waals surface area contributed by atoms with E-state index in [-0.39, 0.29) is 0 Å². The van der Waals surface area contributed by atoms with Gasteiger partial charge in [0.15, 0.2) is 6.29 Å². The number of aliphatic hydroxyl groups excluding tert-OH is 3. The van der Waals surface area contributed by atoms with E-state index in [4.69, 9.17) is 19.1 Å². The van der Waals surface area contributed by atoms with Crippen molar-refractivity contribution < 1.29 is 37.8 Å². The highest BCUT2D eigenvalue weighted by molar-refractivity contribution is 7.83. The van der Waals surface area contributed by atoms with Gasteiger partial charge in [0.1, 0.15) is 24.4 Å². The number of aliphatic hydroxyl groups is 3. The minimum absolute atomic E-state index is 0.573. The standard InChI is InChI=1S/C7H15NO8S/c1-15-7-4(8-17(12,13)14)6(11)5(10)3(2-9)16-7/h3-11H,2H2,1H3,(H,12,13,14)/t3-,4+,5-,6-,7+/m1/s1. The van der Waals surface area contributed by atoms with Crippen LogP contribution in [0, 0.1) is 0 Å². The van der Waals surface area contributed by atoms with Crippen molar-refractivity contribution in [3.05, 3.63) is 0 Å². The summed E-state index contributed by atoms with van der Waals surface area (Å²) in [5.74, 6) is 0. The SMILES string of the molecule is CO[C@H]1O[C@H](CO)[C@@H](O)[C@H](O)[C@@H]1NS(=O)(=O)O. The van der Waals surface area contributed by atoms with E-state index in [1.54, 1.807) is 4.72 Å². The number of methoxy groups -OCH3 is 1. The Morgan fingerprint density at radius 2 is 1.94 bits per heavy atom. The van der Waals surface area contributed by atoms with Crippen LogP contribution in [0.4, 0.5) is 0 Å². The van der Waals surface area contributed by atoms with Gasteiger partial charge in [0.2, 0.25) is 0 Å². The lowest BCUT2D eigenvalue weighted by atomic mass is 9.98. The second-order valence-corrected chi connectivity index (χ2v) is 4.75. The molecule has 5 atom stereocenters. The molecule has 0 saturated carbocycles. The Labute approximate surface area is 97.8 Å². The van der Waals surface area contributed by atoms with Gasteiger partial charge in [-0.3, -0.25) is 4.55 Å². The molecule has 0 aromatic heterocycles. The molecule has 0 radical (unpaired) electrons. The number of rotatable bonds is 4. The van der Waals surface area contributed by atoms with Crippen LogP contribution in [0.25, 0.3) is 0 Å². The van der Waals surface area contributed by atoms with Crippen molar-refractivity contribution in [1.82, 2.24) is 4.72 Å². The lowest BCUT2D eigenvalue weighted by molar-refractivity contribution is -0.260. The summed E-state index contributed by atoms with van der Waals surface area (Å²) >= 11 is 0. The van der Waals surface area contributed by atoms with Crippen LogP contribution in [0.1, 0.15) is 0 Å². The van der Waals surface area contributed by atoms with Gasteiger partial charge < -0.3 is 24.8 Å². The summed E-state index contributed by atoms with van der Waals surface area (Å²) in [7, 11) is -3.41. The fourth-order valence-electron chi connectivity index (χ4n) is 1.58. The molecule has 0 unspecified atom stereocenters. The van der Waals surface area contributed by atoms with E-state index in [0.29, 0.717) is 0 Å². The van der Waals surface area contributed by atoms with E-state index < -0.39 is 47.6 Å². The van der Waals surface area contributed by atoms with Gasteiger partial charge in [-0.25, -0.2) is 0 Å². The average molecular weight is 273 g/mol. The first-order valence-corrected chi connectivity index (χ1v) is 6.14. The van der Waals surface area contributed by atoms with E-state index in [0.717, 1.165) is 0 Å². The molecule has 9 nitrogen and oxygen atoms in total. The van der Waals surface area contributed by atoms with Crippen LogP contribution in [-0.2, 0) is 19.8 Å². The lowest BCUT2D eigenvalue weighted by Crippen LogP contribution is -2.64. The predicted octanol–water partition coefficient (Wildman–Crippen LogP) is -3.17. The van der Waals surface area contributed by atoms with Crippen molar-refractivity contribution in [2.75, 3.05) is 13.7 Å². The molecule has 1 aliphatic rings. The quantitative estimate of drug-likeness (QED) is 0.337. The number of hydrogen-bond acceptors (Lipinski definition) is 7. The van der Waals surface area contributed by atoms with Crippen LogP contribution in [-0.4, -0.2) is 72.7 Å². The minimum atomic E-state index is -4.59. The van der Waals surface area contributed by atoms with Gasteiger partial charge in [0.05, 0.1) is 6.61 Å². The van der Waals surface area contributed by atoms with Crippen LogP contribution >= 0.6 is 0 Å². The fraction of sp³-hybridized carbons (Fsp3) is 1.00. The van der Waals surface area contributed by atoms with Crippen LogP contribution < -0.4 is 4.72 Å². The van der Waals surface area contributed by atoms with E-state index in [1.165, 1.54) is 7.11 Å². The fourth-order valence-corrected chi connectivity index (χ4v) is 2.18. The zero-order chi connectivity index (χ0) is 13.2. The Hall–Kier alpha value is -0.330. The molecule has 0 aliphatic carbocycles. The Morgan fingerprint density at radius 1 is 1.35 bits per heavy atom. The molecular formula is C7H15NO8S. The van der Waals surface area contributed by atoms with Crippen LogP contribution in [0.2, 0.25) is 0 Å². The largest absolute Gasteiger partial charge is 0.394 e. The summed E-state index contributed by atoms with van der Waals surface area (Å²) in [6, 6.07) is -1.38. The topological polar surface area (TPSA) is 146 Å². The molecule has 1 heterocycles. The summed E-state index contributed by atoms with van der Waals surface area (Å²) in [5, 5.41) is 28.0. The van der Waals surface area contributed by atoms with Gasteiger partial charge in [-0.15, -0.1) is 0 Å². The minimum Gasteiger partial charge on any atom is -0.394 e. The van der Waals surface area contributed by atoms with Gasteiger partial charge in [-0.1, -0.05) is 0 Å². The normalized spacial score (nSPS) is 39.2. The van der Waals surface area contributed by atoms with Crippen LogP contribution in [0.5, 0.6) is 0 Å². The molecule has 1 fully saturated rings. The second kappa shape index (κ2) is 5.54. The maximum Gasteiger partial charge on any atom is 0.333 e. The van der Waals surface area contributed by atoms with E-state index in [9.17, 15) is 18.6 Å². The summed E-state index contributed by atoms with van der Waals surface area (Å²) in [5.41, 5.74) is 0. The molecule has 17 heavy (non-hydrogen) atoms. The first kappa shape index (κ1) is 14.7. The van der Waals surface area contributed by atoms with Gasteiger partial charge in [0, 0.05) is 7.11 Å². The maximum absolute atomic E-state index is 10.7. The monoisotopic (exact) mass is 273 g/mol. The molecule has 0 amide bonds. The molecule has 1 aliphatic heterocycles. The van der Waals surface area contributed by atoms with Crippen LogP contribution in [0.15, 0.2) is 0 Å². The summed E-state index contributed by atoms with van der Waals surface area (Å²) in [4.78, 5) is 0. The van der Waals surface area contributed by atoms with Crippen LogP contribution in [0.3, 0.4) is 0 Å². The molecule has 1 saturated heterocycles. The Kier molecular flexibility index (Phi) is 4.80. The van der Waals surface area contributed by atoms with Gasteiger partial charge in [0.25, 0.3) is 0 Å². The van der Waals surface area contributed by atoms with E-state index in [2.05, 4.69) is 0 Å². The summed E-state index contributed by atoms with van der Waals surface area (Å²) in [6.07, 6.45) is -5.44. The predicted molar refractivity (Wildman–Crippen MR) is 53.2 cm³/mol. The first-order chi connectivity index (χ1) is 7.80. The maximum atomic E-state index is 10.7. The zero-order valence-corrected chi connectivity index (χ0v) is 9.74. The third kappa shape index (κ3) is 3.56. The molecule has 0 aromatic carbocycles. The molecule has 102 valence electrons. The number of ether oxygens (including phenoxy) is 2. The van der Waals surface area contributed by atoms with Crippen molar-refractivity contribution >= 4 is 10.3 Å². The molecule has 0 bridgehead atoms. The highest BCUT2D eigenvalue weighted by Crippen LogP contribution is 2.21. The molecular weight excluding hydrogens is 258 g/mol. The molecule has 0 spiro atoms. The van der Waals surface area contributed by atoms with Gasteiger partial charge >= 0.3 is 10.3 Å². The third-order valence-electron chi connectivity index (χ3n) is 2.40. The molecule has 1 rings (SSSR count). The molecule has 10 heteroatoms. The molecule has 0 aromatic rings. The number of nitrogens with one attached hydrogen (secondary N) is 1. The first-order valence-electron chi connectivity index (χ1n) is 4.70. The Morgan fingerprint density at radius 3 is 2.35 bits per heavy atom. The zero-order valence-electron chi connectivity index (χ0n) is 8.92. The summed E-state index contributed by atoms with van der Waals surface area (Å²) < 4.78 is 41.4. The Bertz CT molecular complexity index is 344. The van der Waals surface area contributed by atoms with Crippen molar-refractivity contribution in [1.29, 1.82) is 0 Å². The second-order valence-electron chi connectivity index (χ2n) is 3.56. The lowest BCUT2D eigenvalue weighted by Gasteiger charge is -2.41. The summed E-state index contributed by atoms with van der Waals surface area (Å²) in [6.45, 7) is -0.573. The van der Waals surface area contributed by atoms with Crippen molar-refractivity contribution in [2.45, 2.75) is 30.6 Å². The van der Waals surface area contributed by atoms with Gasteiger partial charge in [-0.2, -0.15) is 13.1 Å². The number of hydrogen-bond donors (Lipinski definition) is 5. The third-order valence-corrected chi connectivity index (χ3v) is 2.97. The highest BCUT2D eigenvalue weighted by Gasteiger charge is 2.45. The van der Waals surface area contributed by atoms with E-state index in [1.807, 2.05) is 0 Å². The van der Waals surface area contributed by atoms with E-state index >= 15 is 0 Å². The Balaban J connectivity index is 2.87. The molecule has 5 N–H and O–H groups in total. The highest BCUT2D eigenvalue weighted by atomic mass is 32.2. The van der Waals surface area contributed by atoms with Gasteiger partial charge in [-0.05, 0) is 0 Å². The van der Waals surface area contributed by atoms with Crippen molar-refractivity contribution in [2.24, 2.45) is 0 Å². The van der Waals surface area contributed by atoms with Crippen molar-refractivity contribution in [3.8, 4) is 0 Å². The smallest absolute Gasteiger partial charge is 0.333 e.